The van der Waals surface area contributed by atoms with E-state index in [1.54, 1.807) is 0 Å². The molecule has 0 radical (unpaired) electrons. The van der Waals surface area contributed by atoms with Gasteiger partial charge in [-0.15, -0.1) is 69.1 Å². The second-order valence-corrected chi connectivity index (χ2v) is 23.7. The van der Waals surface area contributed by atoms with Crippen molar-refractivity contribution in [3.8, 4) is 22.3 Å². The summed E-state index contributed by atoms with van der Waals surface area (Å²) in [7, 11) is 10.8. The first-order valence-corrected chi connectivity index (χ1v) is 26.2. The van der Waals surface area contributed by atoms with Crippen LogP contribution in [0.15, 0.2) is 146 Å². The smallest absolute Gasteiger partial charge is 0.0114 e. The molecule has 0 heterocycles. The summed E-state index contributed by atoms with van der Waals surface area (Å²) in [6, 6.07) is 52.5. The number of halogens is 2. The summed E-state index contributed by atoms with van der Waals surface area (Å²) in [5.74, 6) is 0. The van der Waals surface area contributed by atoms with Gasteiger partial charge in [-0.05, 0) is 32.7 Å². The van der Waals surface area contributed by atoms with Crippen LogP contribution in [-0.2, 0) is 18.6 Å². The third-order valence-corrected chi connectivity index (χ3v) is 13.3. The van der Waals surface area contributed by atoms with Gasteiger partial charge in [-0.2, -0.15) is 12.1 Å². The minimum absolute atomic E-state index is 1.30. The molecule has 0 bridgehead atoms. The van der Waals surface area contributed by atoms with Gasteiger partial charge in [0.05, 0.1) is 0 Å². The summed E-state index contributed by atoms with van der Waals surface area (Å²) in [5.41, 5.74) is 7.94. The SMILES string of the molecule is C[CH]=[Hf]([Cl])[Cl].Cc1cc2c(-c3cccc4ccccc34)cccc2[cH-]1.Cc1cc2c(-c3cccc4ccccc34)cccc2[cH-]1. The zero-order valence-corrected chi connectivity index (χ0v) is 30.8. The van der Waals surface area contributed by atoms with Crippen molar-refractivity contribution >= 4 is 64.0 Å². The molecule has 0 amide bonds. The number of rotatable bonds is 2. The minimum Gasteiger partial charge on any atom is -0.165 e. The van der Waals surface area contributed by atoms with Crippen LogP contribution in [-0.4, -0.2) is 3.76 Å². The van der Waals surface area contributed by atoms with E-state index in [2.05, 4.69) is 159 Å². The summed E-state index contributed by atoms with van der Waals surface area (Å²) in [5, 5.41) is 10.6. The van der Waals surface area contributed by atoms with Crippen LogP contribution in [0.5, 0.6) is 0 Å². The average Bonchev–Trinajstić information content (AvgIpc) is 3.65. The molecule has 0 aliphatic heterocycles. The quantitative estimate of drug-likeness (QED) is 0.121. The van der Waals surface area contributed by atoms with Crippen LogP contribution in [0, 0.1) is 13.8 Å². The third-order valence-electron chi connectivity index (χ3n) is 8.17. The second kappa shape index (κ2) is 14.2. The number of aryl methyl sites for hydroxylation is 2. The van der Waals surface area contributed by atoms with E-state index in [0.717, 1.165) is 0 Å². The fourth-order valence-electron chi connectivity index (χ4n) is 6.16. The van der Waals surface area contributed by atoms with E-state index in [1.165, 1.54) is 76.5 Å². The zero-order valence-electron chi connectivity index (χ0n) is 25.7. The Bertz CT molecular complexity index is 2110. The van der Waals surface area contributed by atoms with E-state index in [4.69, 9.17) is 17.2 Å². The van der Waals surface area contributed by atoms with Crippen molar-refractivity contribution < 1.29 is 18.6 Å². The molecule has 0 aromatic heterocycles. The summed E-state index contributed by atoms with van der Waals surface area (Å²) in [6.45, 7) is 6.22. The summed E-state index contributed by atoms with van der Waals surface area (Å²) < 4.78 is 1.91. The number of benzene rings is 6. The van der Waals surface area contributed by atoms with Crippen molar-refractivity contribution in [2.24, 2.45) is 0 Å². The minimum atomic E-state index is -1.88. The molecule has 0 saturated heterocycles. The Balaban J connectivity index is 0.000000139. The van der Waals surface area contributed by atoms with Crippen molar-refractivity contribution in [1.82, 2.24) is 0 Å². The van der Waals surface area contributed by atoms with Crippen LogP contribution in [0.1, 0.15) is 18.1 Å². The maximum Gasteiger partial charge on any atom is -0.0114 e. The van der Waals surface area contributed by atoms with Gasteiger partial charge in [0, 0.05) is 0 Å². The second-order valence-electron chi connectivity index (χ2n) is 11.3. The summed E-state index contributed by atoms with van der Waals surface area (Å²) in [4.78, 5) is 0. The molecule has 222 valence electrons. The van der Waals surface area contributed by atoms with Gasteiger partial charge < -0.3 is 0 Å². The van der Waals surface area contributed by atoms with Crippen LogP contribution in [0.4, 0.5) is 0 Å². The monoisotopic (exact) mass is 788 g/mol. The molecule has 0 N–H and O–H groups in total. The Hall–Kier alpha value is -3.62. The van der Waals surface area contributed by atoms with Crippen molar-refractivity contribution in [2.45, 2.75) is 20.8 Å². The van der Waals surface area contributed by atoms with Gasteiger partial charge in [0.2, 0.25) is 0 Å². The first kappa shape index (κ1) is 31.4. The summed E-state index contributed by atoms with van der Waals surface area (Å²) in [6.07, 6.45) is 0. The molecule has 0 fully saturated rings. The first-order chi connectivity index (χ1) is 21.9. The van der Waals surface area contributed by atoms with Crippen LogP contribution < -0.4 is 0 Å². The molecule has 8 rings (SSSR count). The molecule has 3 heteroatoms. The van der Waals surface area contributed by atoms with Gasteiger partial charge in [-0.25, -0.2) is 0 Å². The van der Waals surface area contributed by atoms with Crippen molar-refractivity contribution in [3.05, 3.63) is 157 Å². The van der Waals surface area contributed by atoms with Gasteiger partial charge in [-0.1, -0.05) is 122 Å². The Morgan fingerprint density at radius 3 is 1.20 bits per heavy atom. The van der Waals surface area contributed by atoms with Gasteiger partial charge in [0.25, 0.3) is 0 Å². The molecule has 0 nitrogen and oxygen atoms in total. The van der Waals surface area contributed by atoms with E-state index in [9.17, 15) is 0 Å². The number of fused-ring (bicyclic) bond motifs is 4. The molecule has 8 aromatic rings. The van der Waals surface area contributed by atoms with E-state index < -0.39 is 18.6 Å². The van der Waals surface area contributed by atoms with Gasteiger partial charge in [0.1, 0.15) is 0 Å². The molecule has 0 atom stereocenters. The molecular weight excluding hydrogens is 754 g/mol. The molecule has 0 saturated carbocycles. The molecule has 8 aromatic carbocycles. The topological polar surface area (TPSA) is 0 Å². The van der Waals surface area contributed by atoms with Crippen molar-refractivity contribution in [3.63, 3.8) is 0 Å². The molecule has 0 unspecified atom stereocenters. The van der Waals surface area contributed by atoms with Crippen LogP contribution >= 0.6 is 17.2 Å². The van der Waals surface area contributed by atoms with Gasteiger partial charge in [-0.3, -0.25) is 0 Å². The van der Waals surface area contributed by atoms with E-state index in [-0.39, 0.29) is 0 Å². The predicted octanol–water partition coefficient (Wildman–Crippen LogP) is 13.1. The summed E-state index contributed by atoms with van der Waals surface area (Å²) >= 11 is -1.88. The predicted molar refractivity (Wildman–Crippen MR) is 198 cm³/mol. The Labute approximate surface area is 280 Å². The van der Waals surface area contributed by atoms with Crippen LogP contribution in [0.25, 0.3) is 65.3 Å². The molecule has 0 aliphatic rings. The fourth-order valence-corrected chi connectivity index (χ4v) is 6.16. The maximum absolute atomic E-state index is 5.39. The number of hydrogen-bond acceptors (Lipinski definition) is 0. The zero-order chi connectivity index (χ0) is 31.3. The van der Waals surface area contributed by atoms with E-state index in [1.807, 2.05) is 10.7 Å². The molecule has 45 heavy (non-hydrogen) atoms. The van der Waals surface area contributed by atoms with E-state index >= 15 is 0 Å². The average molecular weight is 788 g/mol. The van der Waals surface area contributed by atoms with E-state index in [0.29, 0.717) is 0 Å². The Morgan fingerprint density at radius 1 is 0.467 bits per heavy atom. The third kappa shape index (κ3) is 6.97. The van der Waals surface area contributed by atoms with Crippen molar-refractivity contribution in [2.75, 3.05) is 0 Å². The molecule has 0 aliphatic carbocycles. The van der Waals surface area contributed by atoms with Crippen LogP contribution in [0.3, 0.4) is 0 Å². The van der Waals surface area contributed by atoms with Crippen LogP contribution in [0.2, 0.25) is 0 Å². The standard InChI is InChI=1S/2C20H15.C2H4.2ClH.Hf/c2*1-14-12-16-8-5-11-19(20(16)13-14)18-10-4-7-15-6-2-3-9-17(15)18;1-2;;;/h2*2-13H,1H3;1H,2H3;2*1H;/q2*-1;;;;+2/p-2. The van der Waals surface area contributed by atoms with Gasteiger partial charge in [0.15, 0.2) is 0 Å². The van der Waals surface area contributed by atoms with Gasteiger partial charge >= 0.3 is 46.4 Å². The van der Waals surface area contributed by atoms with Crippen molar-refractivity contribution in [1.29, 1.82) is 0 Å². The normalized spacial score (nSPS) is 10.8. The fraction of sp³-hybridized carbons (Fsp3) is 0.0714. The Morgan fingerprint density at radius 2 is 0.800 bits per heavy atom. The Kier molecular flexibility index (Phi) is 9.91. The molecular formula is C42H34Cl2Hf-2. The first-order valence-electron chi connectivity index (χ1n) is 15.2. The largest absolute Gasteiger partial charge is 0.165 e. The maximum atomic E-state index is 5.39. The number of hydrogen-bond donors (Lipinski definition) is 0. The molecule has 0 spiro atoms.